The molecule has 0 saturated carbocycles. The Bertz CT molecular complexity index is 521. The van der Waals surface area contributed by atoms with Crippen molar-refractivity contribution in [2.75, 3.05) is 13.4 Å². The monoisotopic (exact) mass is 272 g/mol. The summed E-state index contributed by atoms with van der Waals surface area (Å²) in [6, 6.07) is 6.16. The molecule has 0 heterocycles. The summed E-state index contributed by atoms with van der Waals surface area (Å²) in [5.41, 5.74) is 0. The van der Waals surface area contributed by atoms with Gasteiger partial charge in [0.25, 0.3) is 0 Å². The van der Waals surface area contributed by atoms with E-state index in [2.05, 4.69) is 4.74 Å². The van der Waals surface area contributed by atoms with Crippen molar-refractivity contribution in [2.45, 2.75) is 24.3 Å². The SMILES string of the molecule is COC(=O)CC(C)Oc1cccc(S(C)(=O)=O)c1. The molecule has 18 heavy (non-hydrogen) atoms. The van der Waals surface area contributed by atoms with Gasteiger partial charge in [-0.1, -0.05) is 6.07 Å². The van der Waals surface area contributed by atoms with Crippen LogP contribution in [0.3, 0.4) is 0 Å². The molecule has 1 rings (SSSR count). The Hall–Kier alpha value is -1.56. The second-order valence-corrected chi connectivity index (χ2v) is 5.97. The number of hydrogen-bond donors (Lipinski definition) is 0. The second-order valence-electron chi connectivity index (χ2n) is 3.96. The summed E-state index contributed by atoms with van der Waals surface area (Å²) in [7, 11) is -1.96. The van der Waals surface area contributed by atoms with Gasteiger partial charge in [-0.15, -0.1) is 0 Å². The van der Waals surface area contributed by atoms with Crippen LogP contribution in [-0.2, 0) is 19.4 Å². The van der Waals surface area contributed by atoms with E-state index in [0.29, 0.717) is 5.75 Å². The smallest absolute Gasteiger partial charge is 0.309 e. The van der Waals surface area contributed by atoms with Crippen LogP contribution in [0, 0.1) is 0 Å². The number of ether oxygens (including phenoxy) is 2. The fourth-order valence-electron chi connectivity index (χ4n) is 1.37. The molecule has 0 aliphatic heterocycles. The standard InChI is InChI=1S/C12H16O5S/c1-9(7-12(13)16-2)17-10-5-4-6-11(8-10)18(3,14)15/h4-6,8-9H,7H2,1-3H3. The van der Waals surface area contributed by atoms with Crippen LogP contribution in [0.1, 0.15) is 13.3 Å². The van der Waals surface area contributed by atoms with Gasteiger partial charge in [0.1, 0.15) is 11.9 Å². The number of methoxy groups -OCH3 is 1. The van der Waals surface area contributed by atoms with E-state index >= 15 is 0 Å². The highest BCUT2D eigenvalue weighted by molar-refractivity contribution is 7.90. The fourth-order valence-corrected chi connectivity index (χ4v) is 2.03. The average Bonchev–Trinajstić information content (AvgIpc) is 2.27. The fraction of sp³-hybridized carbons (Fsp3) is 0.417. The lowest BCUT2D eigenvalue weighted by Gasteiger charge is -2.13. The van der Waals surface area contributed by atoms with Crippen LogP contribution in [0.5, 0.6) is 5.75 Å². The summed E-state index contributed by atoms with van der Waals surface area (Å²) < 4.78 is 32.7. The molecule has 0 saturated heterocycles. The maximum atomic E-state index is 11.4. The van der Waals surface area contributed by atoms with Crippen LogP contribution in [0.25, 0.3) is 0 Å². The molecule has 5 nitrogen and oxygen atoms in total. The highest BCUT2D eigenvalue weighted by Gasteiger charge is 2.12. The quantitative estimate of drug-likeness (QED) is 0.758. The molecule has 1 aromatic rings. The number of esters is 1. The molecule has 100 valence electrons. The zero-order chi connectivity index (χ0) is 13.8. The van der Waals surface area contributed by atoms with Crippen molar-refractivity contribution < 1.29 is 22.7 Å². The first-order chi connectivity index (χ1) is 8.32. The normalized spacial score (nSPS) is 12.8. The summed E-state index contributed by atoms with van der Waals surface area (Å²) in [5, 5.41) is 0. The van der Waals surface area contributed by atoms with Crippen LogP contribution in [-0.4, -0.2) is 33.9 Å². The first kappa shape index (κ1) is 14.5. The highest BCUT2D eigenvalue weighted by Crippen LogP contribution is 2.19. The first-order valence-corrected chi connectivity index (χ1v) is 7.25. The average molecular weight is 272 g/mol. The van der Waals surface area contributed by atoms with E-state index in [1.807, 2.05) is 0 Å². The molecule has 1 unspecified atom stereocenters. The van der Waals surface area contributed by atoms with Gasteiger partial charge in [-0.25, -0.2) is 8.42 Å². The van der Waals surface area contributed by atoms with Gasteiger partial charge in [0.15, 0.2) is 9.84 Å². The van der Waals surface area contributed by atoms with Crippen molar-refractivity contribution in [3.05, 3.63) is 24.3 Å². The first-order valence-electron chi connectivity index (χ1n) is 5.36. The molecule has 1 atom stereocenters. The molecule has 0 radical (unpaired) electrons. The Morgan fingerprint density at radius 2 is 2.06 bits per heavy atom. The van der Waals surface area contributed by atoms with Crippen LogP contribution in [0.4, 0.5) is 0 Å². The van der Waals surface area contributed by atoms with Crippen LogP contribution in [0.15, 0.2) is 29.2 Å². The third-order valence-corrected chi connectivity index (χ3v) is 3.36. The number of hydrogen-bond acceptors (Lipinski definition) is 5. The van der Waals surface area contributed by atoms with Crippen molar-refractivity contribution in [3.8, 4) is 5.75 Å². The number of carbonyl (C=O) groups excluding carboxylic acids is 1. The van der Waals surface area contributed by atoms with Gasteiger partial charge in [-0.3, -0.25) is 4.79 Å². The summed E-state index contributed by atoms with van der Waals surface area (Å²) >= 11 is 0. The van der Waals surface area contributed by atoms with Crippen molar-refractivity contribution in [3.63, 3.8) is 0 Å². The predicted molar refractivity (Wildman–Crippen MR) is 66.3 cm³/mol. The Kier molecular flexibility index (Phi) is 4.72. The van der Waals surface area contributed by atoms with E-state index in [0.717, 1.165) is 6.26 Å². The van der Waals surface area contributed by atoms with Gasteiger partial charge in [-0.2, -0.15) is 0 Å². The number of rotatable bonds is 5. The van der Waals surface area contributed by atoms with Gasteiger partial charge in [0.2, 0.25) is 0 Å². The lowest BCUT2D eigenvalue weighted by Crippen LogP contribution is -2.18. The third kappa shape index (κ3) is 4.37. The van der Waals surface area contributed by atoms with E-state index in [-0.39, 0.29) is 23.4 Å². The summed E-state index contributed by atoms with van der Waals surface area (Å²) in [5.74, 6) is 0.0381. The largest absolute Gasteiger partial charge is 0.490 e. The summed E-state index contributed by atoms with van der Waals surface area (Å²) in [4.78, 5) is 11.2. The molecule has 0 fully saturated rings. The predicted octanol–water partition coefficient (Wildman–Crippen LogP) is 1.42. The minimum atomic E-state index is -3.26. The Morgan fingerprint density at radius 1 is 1.39 bits per heavy atom. The molecule has 0 bridgehead atoms. The summed E-state index contributed by atoms with van der Waals surface area (Å²) in [6.07, 6.45) is 0.858. The van der Waals surface area contributed by atoms with Gasteiger partial charge in [-0.05, 0) is 25.1 Å². The van der Waals surface area contributed by atoms with Crippen LogP contribution >= 0.6 is 0 Å². The van der Waals surface area contributed by atoms with Gasteiger partial charge in [0, 0.05) is 6.26 Å². The van der Waals surface area contributed by atoms with Crippen LogP contribution < -0.4 is 4.74 Å². The molecule has 0 aromatic heterocycles. The maximum Gasteiger partial charge on any atom is 0.309 e. The number of sulfone groups is 1. The Balaban J connectivity index is 2.77. The molecular weight excluding hydrogens is 256 g/mol. The van der Waals surface area contributed by atoms with Crippen molar-refractivity contribution in [2.24, 2.45) is 0 Å². The molecule has 1 aromatic carbocycles. The van der Waals surface area contributed by atoms with Crippen molar-refractivity contribution >= 4 is 15.8 Å². The lowest BCUT2D eigenvalue weighted by atomic mass is 10.3. The molecular formula is C12H16O5S. The molecule has 0 aliphatic rings. The third-order valence-electron chi connectivity index (χ3n) is 2.25. The molecule has 0 N–H and O–H groups in total. The summed E-state index contributed by atoms with van der Waals surface area (Å²) in [6.45, 7) is 1.71. The van der Waals surface area contributed by atoms with E-state index < -0.39 is 9.84 Å². The number of benzene rings is 1. The van der Waals surface area contributed by atoms with Crippen molar-refractivity contribution in [1.82, 2.24) is 0 Å². The second kappa shape index (κ2) is 5.86. The zero-order valence-corrected chi connectivity index (χ0v) is 11.4. The topological polar surface area (TPSA) is 69.7 Å². The Labute approximate surface area is 107 Å². The van der Waals surface area contributed by atoms with E-state index in [4.69, 9.17) is 4.74 Å². The molecule has 6 heteroatoms. The van der Waals surface area contributed by atoms with Crippen LogP contribution in [0.2, 0.25) is 0 Å². The number of carbonyl (C=O) groups is 1. The van der Waals surface area contributed by atoms with Crippen molar-refractivity contribution in [1.29, 1.82) is 0 Å². The van der Waals surface area contributed by atoms with E-state index in [1.165, 1.54) is 19.2 Å². The minimum Gasteiger partial charge on any atom is -0.490 e. The molecule has 0 spiro atoms. The zero-order valence-electron chi connectivity index (χ0n) is 10.5. The minimum absolute atomic E-state index is 0.111. The maximum absolute atomic E-state index is 11.4. The lowest BCUT2D eigenvalue weighted by molar-refractivity contribution is -0.142. The molecule has 0 aliphatic carbocycles. The molecule has 0 amide bonds. The van der Waals surface area contributed by atoms with E-state index in [9.17, 15) is 13.2 Å². The van der Waals surface area contributed by atoms with Gasteiger partial charge in [0.05, 0.1) is 18.4 Å². The highest BCUT2D eigenvalue weighted by atomic mass is 32.2. The van der Waals surface area contributed by atoms with Gasteiger partial charge >= 0.3 is 5.97 Å². The Morgan fingerprint density at radius 3 is 2.61 bits per heavy atom. The van der Waals surface area contributed by atoms with Gasteiger partial charge < -0.3 is 9.47 Å². The van der Waals surface area contributed by atoms with E-state index in [1.54, 1.807) is 19.1 Å².